The summed E-state index contributed by atoms with van der Waals surface area (Å²) in [4.78, 5) is 11.7. The van der Waals surface area contributed by atoms with E-state index in [1.807, 2.05) is 38.1 Å². The van der Waals surface area contributed by atoms with Crippen LogP contribution in [0.4, 0.5) is 0 Å². The molecule has 0 saturated carbocycles. The van der Waals surface area contributed by atoms with Gasteiger partial charge in [0.05, 0.1) is 6.54 Å². The molecule has 100 valence electrons. The van der Waals surface area contributed by atoms with Crippen molar-refractivity contribution in [1.82, 2.24) is 10.6 Å². The molecule has 0 radical (unpaired) electrons. The summed E-state index contributed by atoms with van der Waals surface area (Å²) in [5.74, 6) is 0.00824. The lowest BCUT2D eigenvalue weighted by molar-refractivity contribution is -0.121. The maximum Gasteiger partial charge on any atom is 0.234 e. The first-order chi connectivity index (χ1) is 8.44. The van der Waals surface area contributed by atoms with Gasteiger partial charge in [0.1, 0.15) is 0 Å². The van der Waals surface area contributed by atoms with Gasteiger partial charge in [-0.2, -0.15) is 0 Å². The molecule has 0 fully saturated rings. The third-order valence-electron chi connectivity index (χ3n) is 2.92. The van der Waals surface area contributed by atoms with Crippen LogP contribution in [-0.4, -0.2) is 18.0 Å². The fourth-order valence-electron chi connectivity index (χ4n) is 1.46. The Hall–Kier alpha value is -1.06. The first kappa shape index (κ1) is 15.0. The van der Waals surface area contributed by atoms with E-state index in [1.165, 1.54) is 0 Å². The molecule has 0 atom stereocenters. The van der Waals surface area contributed by atoms with E-state index >= 15 is 0 Å². The van der Waals surface area contributed by atoms with Crippen LogP contribution in [0.15, 0.2) is 24.3 Å². The monoisotopic (exact) mass is 268 g/mol. The van der Waals surface area contributed by atoms with E-state index in [1.54, 1.807) is 0 Å². The third kappa shape index (κ3) is 5.07. The standard InChI is InChI=1S/C14H21ClN2O/c1-4-14(2,3)17-13(18)10-16-9-11-7-5-6-8-12(11)15/h5-8,16H,4,9-10H2,1-3H3,(H,17,18). The number of amides is 1. The molecule has 1 amide bonds. The van der Waals surface area contributed by atoms with E-state index in [0.29, 0.717) is 13.1 Å². The maximum absolute atomic E-state index is 11.7. The molecule has 3 nitrogen and oxygen atoms in total. The van der Waals surface area contributed by atoms with Crippen molar-refractivity contribution in [3.05, 3.63) is 34.9 Å². The lowest BCUT2D eigenvalue weighted by Gasteiger charge is -2.24. The summed E-state index contributed by atoms with van der Waals surface area (Å²) < 4.78 is 0. The number of hydrogen-bond acceptors (Lipinski definition) is 2. The van der Waals surface area contributed by atoms with Crippen LogP contribution in [0.2, 0.25) is 5.02 Å². The summed E-state index contributed by atoms with van der Waals surface area (Å²) in [5.41, 5.74) is 0.852. The normalized spacial score (nSPS) is 11.3. The molecule has 0 aliphatic heterocycles. The van der Waals surface area contributed by atoms with Gasteiger partial charge in [0.15, 0.2) is 0 Å². The van der Waals surface area contributed by atoms with Gasteiger partial charge >= 0.3 is 0 Å². The zero-order valence-corrected chi connectivity index (χ0v) is 12.0. The zero-order valence-electron chi connectivity index (χ0n) is 11.2. The van der Waals surface area contributed by atoms with Gasteiger partial charge in [-0.05, 0) is 31.9 Å². The van der Waals surface area contributed by atoms with Crippen LogP contribution in [-0.2, 0) is 11.3 Å². The lowest BCUT2D eigenvalue weighted by atomic mass is 10.0. The number of benzene rings is 1. The number of rotatable bonds is 6. The van der Waals surface area contributed by atoms with Crippen molar-refractivity contribution in [3.8, 4) is 0 Å². The van der Waals surface area contributed by atoms with Crippen molar-refractivity contribution in [2.24, 2.45) is 0 Å². The third-order valence-corrected chi connectivity index (χ3v) is 3.29. The van der Waals surface area contributed by atoms with Gasteiger partial charge in [0, 0.05) is 17.1 Å². The molecule has 0 aromatic heterocycles. The van der Waals surface area contributed by atoms with Crippen molar-refractivity contribution in [2.45, 2.75) is 39.3 Å². The molecule has 0 aliphatic carbocycles. The highest BCUT2D eigenvalue weighted by molar-refractivity contribution is 6.31. The molecule has 1 aromatic rings. The topological polar surface area (TPSA) is 41.1 Å². The summed E-state index contributed by atoms with van der Waals surface area (Å²) in [7, 11) is 0. The smallest absolute Gasteiger partial charge is 0.234 e. The summed E-state index contributed by atoms with van der Waals surface area (Å²) in [6.07, 6.45) is 0.906. The van der Waals surface area contributed by atoms with Gasteiger partial charge in [0.25, 0.3) is 0 Å². The number of nitrogens with one attached hydrogen (secondary N) is 2. The van der Waals surface area contributed by atoms with E-state index in [2.05, 4.69) is 17.6 Å². The van der Waals surface area contributed by atoms with Gasteiger partial charge in [-0.15, -0.1) is 0 Å². The quantitative estimate of drug-likeness (QED) is 0.833. The van der Waals surface area contributed by atoms with Gasteiger partial charge < -0.3 is 10.6 Å². The number of hydrogen-bond donors (Lipinski definition) is 2. The minimum absolute atomic E-state index is 0.00824. The Balaban J connectivity index is 2.34. The summed E-state index contributed by atoms with van der Waals surface area (Å²) in [6, 6.07) is 7.62. The lowest BCUT2D eigenvalue weighted by Crippen LogP contribution is -2.46. The SMILES string of the molecule is CCC(C)(C)NC(=O)CNCc1ccccc1Cl. The Kier molecular flexibility index (Phi) is 5.63. The molecular weight excluding hydrogens is 248 g/mol. The molecule has 2 N–H and O–H groups in total. The molecule has 0 spiro atoms. The van der Waals surface area contributed by atoms with E-state index in [-0.39, 0.29) is 11.4 Å². The highest BCUT2D eigenvalue weighted by Crippen LogP contribution is 2.14. The van der Waals surface area contributed by atoms with Crippen molar-refractivity contribution in [1.29, 1.82) is 0 Å². The second-order valence-electron chi connectivity index (χ2n) is 4.98. The average molecular weight is 269 g/mol. The van der Waals surface area contributed by atoms with Gasteiger partial charge in [-0.3, -0.25) is 4.79 Å². The van der Waals surface area contributed by atoms with Crippen LogP contribution in [0.25, 0.3) is 0 Å². The molecule has 1 rings (SSSR count). The molecule has 4 heteroatoms. The van der Waals surface area contributed by atoms with Gasteiger partial charge in [0.2, 0.25) is 5.91 Å². The number of carbonyl (C=O) groups excluding carboxylic acids is 1. The molecular formula is C14H21ClN2O. The Labute approximate surface area is 114 Å². The number of halogens is 1. The Morgan fingerprint density at radius 1 is 1.33 bits per heavy atom. The first-order valence-corrected chi connectivity index (χ1v) is 6.57. The summed E-state index contributed by atoms with van der Waals surface area (Å²) in [5, 5.41) is 6.79. The summed E-state index contributed by atoms with van der Waals surface area (Å²) in [6.45, 7) is 6.98. The second-order valence-corrected chi connectivity index (χ2v) is 5.39. The highest BCUT2D eigenvalue weighted by Gasteiger charge is 2.17. The van der Waals surface area contributed by atoms with E-state index in [0.717, 1.165) is 17.0 Å². The molecule has 0 aliphatic rings. The van der Waals surface area contributed by atoms with Crippen LogP contribution in [0, 0.1) is 0 Å². The number of carbonyl (C=O) groups is 1. The Bertz CT molecular complexity index is 405. The fourth-order valence-corrected chi connectivity index (χ4v) is 1.67. The summed E-state index contributed by atoms with van der Waals surface area (Å²) >= 11 is 6.03. The predicted molar refractivity (Wildman–Crippen MR) is 75.7 cm³/mol. The first-order valence-electron chi connectivity index (χ1n) is 6.20. The van der Waals surface area contributed by atoms with Crippen LogP contribution < -0.4 is 10.6 Å². The van der Waals surface area contributed by atoms with E-state index in [4.69, 9.17) is 11.6 Å². The van der Waals surface area contributed by atoms with Gasteiger partial charge in [-0.1, -0.05) is 36.7 Å². The molecule has 0 unspecified atom stereocenters. The minimum Gasteiger partial charge on any atom is -0.350 e. The van der Waals surface area contributed by atoms with Crippen molar-refractivity contribution < 1.29 is 4.79 Å². The van der Waals surface area contributed by atoms with E-state index < -0.39 is 0 Å². The van der Waals surface area contributed by atoms with Crippen LogP contribution in [0.5, 0.6) is 0 Å². The Morgan fingerprint density at radius 2 is 2.00 bits per heavy atom. The van der Waals surface area contributed by atoms with Crippen molar-refractivity contribution in [3.63, 3.8) is 0 Å². The predicted octanol–water partition coefficient (Wildman–Crippen LogP) is 2.73. The van der Waals surface area contributed by atoms with Gasteiger partial charge in [-0.25, -0.2) is 0 Å². The fraction of sp³-hybridized carbons (Fsp3) is 0.500. The van der Waals surface area contributed by atoms with Crippen LogP contribution >= 0.6 is 11.6 Å². The van der Waals surface area contributed by atoms with Crippen molar-refractivity contribution >= 4 is 17.5 Å². The molecule has 1 aromatic carbocycles. The molecule has 0 heterocycles. The largest absolute Gasteiger partial charge is 0.350 e. The average Bonchev–Trinajstić information content (AvgIpc) is 2.31. The molecule has 18 heavy (non-hydrogen) atoms. The van der Waals surface area contributed by atoms with E-state index in [9.17, 15) is 4.79 Å². The zero-order chi connectivity index (χ0) is 13.6. The van der Waals surface area contributed by atoms with Crippen molar-refractivity contribution in [2.75, 3.05) is 6.54 Å². The minimum atomic E-state index is -0.150. The maximum atomic E-state index is 11.7. The van der Waals surface area contributed by atoms with Crippen LogP contribution in [0.1, 0.15) is 32.8 Å². The van der Waals surface area contributed by atoms with Crippen LogP contribution in [0.3, 0.4) is 0 Å². The highest BCUT2D eigenvalue weighted by atomic mass is 35.5. The molecule has 0 bridgehead atoms. The second kappa shape index (κ2) is 6.76. The Morgan fingerprint density at radius 3 is 2.61 bits per heavy atom. The molecule has 0 saturated heterocycles.